The maximum Gasteiger partial charge on any atom is 0.242 e. The van der Waals surface area contributed by atoms with Crippen LogP contribution in [-0.2, 0) is 47.9 Å². The van der Waals surface area contributed by atoms with E-state index in [0.717, 1.165) is 29.4 Å². The third-order valence-electron chi connectivity index (χ3n) is 9.20. The number of hydrogen-bond acceptors (Lipinski definition) is 13. The minimum Gasteiger partial charge on any atom is -0.392 e. The minimum atomic E-state index is -1.08. The second kappa shape index (κ2) is 28.3. The number of primary amides is 1. The van der Waals surface area contributed by atoms with Gasteiger partial charge in [0.25, 0.3) is 0 Å². The molecule has 10 amide bonds. The molecule has 5 N–H and O–H groups in total. The number of nitrogens with zero attached hydrogens (tertiary/aromatic N) is 9. The SMILES string of the molecule is CNCC(=O)N(C)CC(=O)N(CC(=O)N(CC(=O)N(C)CC(=O)N(C)CC(=O)N(CC(=O)N(CC(=O)N(C)CC(=O)N(C)CC(N)=O)CC(C)C)CC(C)O)CC(C)C)CC(C)O. The van der Waals surface area contributed by atoms with Crippen LogP contribution >= 0.6 is 0 Å². The van der Waals surface area contributed by atoms with Crippen molar-refractivity contribution in [2.75, 3.05) is 134 Å². The third-order valence-corrected chi connectivity index (χ3v) is 9.20. The van der Waals surface area contributed by atoms with Gasteiger partial charge in [-0.3, -0.25) is 47.9 Å². The van der Waals surface area contributed by atoms with Gasteiger partial charge < -0.3 is 65.4 Å². The van der Waals surface area contributed by atoms with Gasteiger partial charge in [-0.2, -0.15) is 0 Å². The van der Waals surface area contributed by atoms with Gasteiger partial charge in [0.2, 0.25) is 59.1 Å². The van der Waals surface area contributed by atoms with Crippen molar-refractivity contribution < 1.29 is 58.2 Å². The summed E-state index contributed by atoms with van der Waals surface area (Å²) in [5.74, 6) is -6.29. The molecule has 2 atom stereocenters. The van der Waals surface area contributed by atoms with E-state index in [1.807, 2.05) is 27.7 Å². The summed E-state index contributed by atoms with van der Waals surface area (Å²) < 4.78 is 0. The molecule has 0 aromatic rings. The predicted molar refractivity (Wildman–Crippen MR) is 231 cm³/mol. The van der Waals surface area contributed by atoms with Crippen molar-refractivity contribution in [2.45, 2.75) is 53.8 Å². The van der Waals surface area contributed by atoms with Crippen molar-refractivity contribution in [1.82, 2.24) is 49.4 Å². The summed E-state index contributed by atoms with van der Waals surface area (Å²) in [5.41, 5.74) is 5.14. The zero-order chi connectivity index (χ0) is 48.9. The minimum absolute atomic E-state index is 0.0105. The lowest BCUT2D eigenvalue weighted by Gasteiger charge is -2.32. The predicted octanol–water partition coefficient (Wildman–Crippen LogP) is -4.63. The van der Waals surface area contributed by atoms with Crippen molar-refractivity contribution >= 4 is 59.1 Å². The molecular weight excluding hydrogens is 827 g/mol. The van der Waals surface area contributed by atoms with Gasteiger partial charge in [-0.05, 0) is 32.7 Å². The van der Waals surface area contributed by atoms with E-state index in [1.165, 1.54) is 63.8 Å². The summed E-state index contributed by atoms with van der Waals surface area (Å²) >= 11 is 0. The van der Waals surface area contributed by atoms with Gasteiger partial charge in [0.1, 0.15) is 0 Å². The monoisotopic (exact) mass is 900 g/mol. The highest BCUT2D eigenvalue weighted by Gasteiger charge is 2.30. The van der Waals surface area contributed by atoms with Crippen LogP contribution in [0.25, 0.3) is 0 Å². The second-order valence-corrected chi connectivity index (χ2v) is 16.8. The van der Waals surface area contributed by atoms with Crippen molar-refractivity contribution in [3.05, 3.63) is 0 Å². The van der Waals surface area contributed by atoms with E-state index in [1.54, 1.807) is 7.05 Å². The molecule has 2 unspecified atom stereocenters. The fraction of sp³-hybridized carbons (Fsp3) is 0.750. The zero-order valence-electron chi connectivity index (χ0n) is 39.3. The van der Waals surface area contributed by atoms with Gasteiger partial charge in [-0.25, -0.2) is 0 Å². The number of carbonyl (C=O) groups is 10. The highest BCUT2D eigenvalue weighted by Crippen LogP contribution is 2.08. The summed E-state index contributed by atoms with van der Waals surface area (Å²) in [6.07, 6.45) is -2.08. The molecule has 0 aliphatic rings. The summed E-state index contributed by atoms with van der Waals surface area (Å²) in [4.78, 5) is 140. The molecule has 0 radical (unpaired) electrons. The molecule has 0 aromatic heterocycles. The molecule has 0 bridgehead atoms. The lowest BCUT2D eigenvalue weighted by Crippen LogP contribution is -2.52. The fourth-order valence-electron chi connectivity index (χ4n) is 5.85. The molecule has 0 aliphatic heterocycles. The number of hydrogen-bond donors (Lipinski definition) is 4. The van der Waals surface area contributed by atoms with Gasteiger partial charge in [0.05, 0.1) is 77.7 Å². The first-order chi connectivity index (χ1) is 29.1. The van der Waals surface area contributed by atoms with E-state index in [2.05, 4.69) is 5.32 Å². The molecule has 23 nitrogen and oxygen atoms in total. The Morgan fingerprint density at radius 3 is 0.921 bits per heavy atom. The summed E-state index contributed by atoms with van der Waals surface area (Å²) in [7, 11) is 8.37. The largest absolute Gasteiger partial charge is 0.392 e. The van der Waals surface area contributed by atoms with E-state index in [-0.39, 0.29) is 70.1 Å². The Morgan fingerprint density at radius 1 is 0.397 bits per heavy atom. The van der Waals surface area contributed by atoms with Gasteiger partial charge in [0, 0.05) is 61.4 Å². The number of nitrogens with one attached hydrogen (secondary N) is 1. The van der Waals surface area contributed by atoms with E-state index >= 15 is 0 Å². The number of nitrogens with two attached hydrogens (primary N) is 1. The summed E-state index contributed by atoms with van der Waals surface area (Å²) in [6.45, 7) is 5.75. The first kappa shape index (κ1) is 57.6. The van der Waals surface area contributed by atoms with Crippen molar-refractivity contribution in [3.63, 3.8) is 0 Å². The molecule has 0 saturated heterocycles. The number of aliphatic hydroxyl groups excluding tert-OH is 2. The fourth-order valence-corrected chi connectivity index (χ4v) is 5.85. The number of amides is 10. The van der Waals surface area contributed by atoms with Crippen LogP contribution in [0.15, 0.2) is 0 Å². The molecule has 0 saturated carbocycles. The first-order valence-electron chi connectivity index (χ1n) is 20.7. The number of rotatable bonds is 28. The van der Waals surface area contributed by atoms with Crippen LogP contribution in [0.4, 0.5) is 0 Å². The first-order valence-corrected chi connectivity index (χ1v) is 20.7. The van der Waals surface area contributed by atoms with Crippen molar-refractivity contribution in [1.29, 1.82) is 0 Å². The van der Waals surface area contributed by atoms with Crippen LogP contribution in [0.2, 0.25) is 0 Å². The lowest BCUT2D eigenvalue weighted by molar-refractivity contribution is -0.148. The normalized spacial score (nSPS) is 11.9. The molecule has 0 spiro atoms. The van der Waals surface area contributed by atoms with Crippen molar-refractivity contribution in [2.24, 2.45) is 17.6 Å². The summed E-state index contributed by atoms with van der Waals surface area (Å²) in [6, 6.07) is 0. The number of carbonyl (C=O) groups excluding carboxylic acids is 10. The third kappa shape index (κ3) is 23.0. The van der Waals surface area contributed by atoms with Crippen LogP contribution < -0.4 is 11.1 Å². The molecule has 0 fully saturated rings. The average Bonchev–Trinajstić information content (AvgIpc) is 3.15. The van der Waals surface area contributed by atoms with Crippen molar-refractivity contribution in [3.8, 4) is 0 Å². The Hall–Kier alpha value is -5.42. The van der Waals surface area contributed by atoms with Gasteiger partial charge >= 0.3 is 0 Å². The van der Waals surface area contributed by atoms with Crippen LogP contribution in [0.1, 0.15) is 41.5 Å². The lowest BCUT2D eigenvalue weighted by atomic mass is 10.2. The highest BCUT2D eigenvalue weighted by atomic mass is 16.3. The Bertz CT molecular complexity index is 1590. The van der Waals surface area contributed by atoms with E-state index < -0.39 is 105 Å². The molecule has 360 valence electrons. The van der Waals surface area contributed by atoms with Gasteiger partial charge in [0.15, 0.2) is 0 Å². The average molecular weight is 900 g/mol. The Kier molecular flexibility index (Phi) is 25.9. The maximum atomic E-state index is 13.6. The van der Waals surface area contributed by atoms with E-state index in [4.69, 9.17) is 5.73 Å². The number of likely N-dealkylation sites (N-methyl/N-ethyl adjacent to an activating group) is 6. The quantitative estimate of drug-likeness (QED) is 0.0576. The van der Waals surface area contributed by atoms with Gasteiger partial charge in [-0.1, -0.05) is 27.7 Å². The van der Waals surface area contributed by atoms with Crippen LogP contribution in [-0.4, -0.2) is 260 Å². The van der Waals surface area contributed by atoms with Gasteiger partial charge in [-0.15, -0.1) is 0 Å². The number of aliphatic hydroxyl groups is 2. The van der Waals surface area contributed by atoms with Crippen LogP contribution in [0.3, 0.4) is 0 Å². The molecule has 63 heavy (non-hydrogen) atoms. The smallest absolute Gasteiger partial charge is 0.242 e. The topological polar surface area (TPSA) is 278 Å². The Labute approximate surface area is 371 Å². The molecular formula is C40H73N11O12. The molecule has 0 aliphatic carbocycles. The second-order valence-electron chi connectivity index (χ2n) is 16.8. The van der Waals surface area contributed by atoms with E-state index in [0.29, 0.717) is 0 Å². The molecule has 23 heteroatoms. The molecule has 0 aromatic carbocycles. The Morgan fingerprint density at radius 2 is 0.635 bits per heavy atom. The highest BCUT2D eigenvalue weighted by molar-refractivity contribution is 5.94. The zero-order valence-corrected chi connectivity index (χ0v) is 39.3. The standard InChI is InChI=1S/C40H73N11O12/c1-27(2)14-48(23-35(58)45(10)19-33(56)43(8)18-31(41)54)40(63)26-51(17-30(6)53)38(61)22-47(12)34(57)20-46(11)36(59)24-49(15-28(3)4)39(62)25-50(16-29(5)52)37(60)21-44(9)32(55)13-42-7/h27-30,42,52-53H,13-26H2,1-12H3,(H2,41,54). The Balaban J connectivity index is 5.84. The van der Waals surface area contributed by atoms with E-state index in [9.17, 15) is 58.2 Å². The molecule has 0 heterocycles. The molecule has 0 rings (SSSR count). The van der Waals surface area contributed by atoms with Crippen LogP contribution in [0, 0.1) is 11.8 Å². The summed E-state index contributed by atoms with van der Waals surface area (Å²) in [5, 5.41) is 23.0. The maximum absolute atomic E-state index is 13.6. The van der Waals surface area contributed by atoms with Crippen LogP contribution in [0.5, 0.6) is 0 Å².